The zero-order valence-corrected chi connectivity index (χ0v) is 16.2. The van der Waals surface area contributed by atoms with Crippen LogP contribution in [0.4, 0.5) is 0 Å². The van der Waals surface area contributed by atoms with Crippen molar-refractivity contribution in [2.45, 2.75) is 44.9 Å². The van der Waals surface area contributed by atoms with E-state index in [0.717, 1.165) is 36.8 Å². The molecule has 0 aliphatic heterocycles. The second kappa shape index (κ2) is 7.15. The summed E-state index contributed by atoms with van der Waals surface area (Å²) in [5.74, 6) is 0.108. The maximum Gasteiger partial charge on any atom is 0.193 e. The van der Waals surface area contributed by atoms with Gasteiger partial charge in [0.2, 0.25) is 0 Å². The van der Waals surface area contributed by atoms with Gasteiger partial charge in [-0.3, -0.25) is 4.79 Å². The van der Waals surface area contributed by atoms with Crippen LogP contribution in [0.5, 0.6) is 0 Å². The molecule has 4 rings (SSSR count). The Labute approximate surface area is 162 Å². The van der Waals surface area contributed by atoms with Crippen molar-refractivity contribution in [3.63, 3.8) is 0 Å². The van der Waals surface area contributed by atoms with E-state index in [0.29, 0.717) is 0 Å². The minimum absolute atomic E-state index is 0.0302. The van der Waals surface area contributed by atoms with Crippen LogP contribution in [0.15, 0.2) is 72.8 Å². The molecule has 0 unspecified atom stereocenters. The fourth-order valence-electron chi connectivity index (χ4n) is 4.87. The molecule has 1 nitrogen and oxygen atoms in total. The molecule has 136 valence electrons. The molecule has 0 aromatic heterocycles. The summed E-state index contributed by atoms with van der Waals surface area (Å²) in [7, 11) is 0. The monoisotopic (exact) mass is 354 g/mol. The van der Waals surface area contributed by atoms with E-state index in [-0.39, 0.29) is 11.2 Å². The predicted octanol–water partition coefficient (Wildman–Crippen LogP) is 6.78. The number of benzene rings is 3. The first-order valence-corrected chi connectivity index (χ1v) is 10.1. The van der Waals surface area contributed by atoms with Crippen LogP contribution in [0.1, 0.15) is 66.6 Å². The lowest BCUT2D eigenvalue weighted by Crippen LogP contribution is -2.25. The molecule has 0 saturated heterocycles. The number of rotatable bonds is 6. The van der Waals surface area contributed by atoms with Crippen LogP contribution in [0.25, 0.3) is 11.1 Å². The minimum Gasteiger partial charge on any atom is -0.289 e. The van der Waals surface area contributed by atoms with E-state index in [1.165, 1.54) is 22.3 Å². The van der Waals surface area contributed by atoms with Crippen molar-refractivity contribution in [3.8, 4) is 11.1 Å². The first kappa shape index (κ1) is 17.7. The zero-order valence-electron chi connectivity index (χ0n) is 16.2. The summed E-state index contributed by atoms with van der Waals surface area (Å²) in [5, 5.41) is 0. The van der Waals surface area contributed by atoms with E-state index < -0.39 is 0 Å². The highest BCUT2D eigenvalue weighted by Crippen LogP contribution is 2.53. The SMILES string of the molecule is CCCC1(CCC)c2ccccc2-c2ccc(C(=O)c3ccccc3)cc21. The molecular weight excluding hydrogens is 328 g/mol. The highest BCUT2D eigenvalue weighted by Gasteiger charge is 2.41. The van der Waals surface area contributed by atoms with Gasteiger partial charge in [0.15, 0.2) is 5.78 Å². The van der Waals surface area contributed by atoms with Crippen LogP contribution in [-0.2, 0) is 5.41 Å². The van der Waals surface area contributed by atoms with Gasteiger partial charge in [-0.15, -0.1) is 0 Å². The molecule has 0 heterocycles. The van der Waals surface area contributed by atoms with Gasteiger partial charge in [0.25, 0.3) is 0 Å². The molecule has 0 fully saturated rings. The van der Waals surface area contributed by atoms with Gasteiger partial charge in [0.1, 0.15) is 0 Å². The Morgan fingerprint density at radius 2 is 1.33 bits per heavy atom. The van der Waals surface area contributed by atoms with Crippen LogP contribution in [0, 0.1) is 0 Å². The third-order valence-electron chi connectivity index (χ3n) is 5.92. The molecule has 0 spiro atoms. The van der Waals surface area contributed by atoms with E-state index in [1.54, 1.807) is 0 Å². The van der Waals surface area contributed by atoms with Gasteiger partial charge in [-0.1, -0.05) is 93.4 Å². The van der Waals surface area contributed by atoms with Crippen LogP contribution in [-0.4, -0.2) is 5.78 Å². The Morgan fingerprint density at radius 1 is 0.704 bits per heavy atom. The van der Waals surface area contributed by atoms with E-state index in [4.69, 9.17) is 0 Å². The van der Waals surface area contributed by atoms with Gasteiger partial charge in [-0.2, -0.15) is 0 Å². The lowest BCUT2D eigenvalue weighted by molar-refractivity contribution is 0.103. The maximum atomic E-state index is 13.0. The molecule has 1 heteroatoms. The average molecular weight is 354 g/mol. The highest BCUT2D eigenvalue weighted by atomic mass is 16.1. The lowest BCUT2D eigenvalue weighted by Gasteiger charge is -2.32. The Morgan fingerprint density at radius 3 is 2.04 bits per heavy atom. The molecule has 1 aliphatic carbocycles. The smallest absolute Gasteiger partial charge is 0.193 e. The third kappa shape index (κ3) is 2.82. The predicted molar refractivity (Wildman–Crippen MR) is 112 cm³/mol. The van der Waals surface area contributed by atoms with E-state index in [2.05, 4.69) is 50.2 Å². The molecular formula is C26H26O. The number of ketones is 1. The normalized spacial score (nSPS) is 13.9. The Bertz CT molecular complexity index is 963. The summed E-state index contributed by atoms with van der Waals surface area (Å²) in [5.41, 5.74) is 7.00. The van der Waals surface area contributed by atoms with Gasteiger partial charge >= 0.3 is 0 Å². The zero-order chi connectivity index (χ0) is 18.9. The standard InChI is InChI=1S/C26H26O/c1-3-16-26(17-4-2)23-13-9-8-12-21(23)22-15-14-20(18-24(22)26)25(27)19-10-6-5-7-11-19/h5-15,18H,3-4,16-17H2,1-2H3. The van der Waals surface area contributed by atoms with E-state index in [1.807, 2.05) is 36.4 Å². The van der Waals surface area contributed by atoms with E-state index in [9.17, 15) is 4.79 Å². The summed E-state index contributed by atoms with van der Waals surface area (Å²) in [4.78, 5) is 13.0. The number of hydrogen-bond donors (Lipinski definition) is 0. The molecule has 0 atom stereocenters. The topological polar surface area (TPSA) is 17.1 Å². The van der Waals surface area contributed by atoms with Crippen molar-refractivity contribution in [1.29, 1.82) is 0 Å². The fraction of sp³-hybridized carbons (Fsp3) is 0.269. The van der Waals surface area contributed by atoms with Crippen LogP contribution in [0.3, 0.4) is 0 Å². The van der Waals surface area contributed by atoms with Crippen molar-refractivity contribution in [2.24, 2.45) is 0 Å². The van der Waals surface area contributed by atoms with Crippen molar-refractivity contribution >= 4 is 5.78 Å². The van der Waals surface area contributed by atoms with Crippen molar-refractivity contribution in [2.75, 3.05) is 0 Å². The van der Waals surface area contributed by atoms with Crippen LogP contribution >= 0.6 is 0 Å². The number of hydrogen-bond acceptors (Lipinski definition) is 1. The van der Waals surface area contributed by atoms with Crippen LogP contribution < -0.4 is 0 Å². The quantitative estimate of drug-likeness (QED) is 0.446. The summed E-state index contributed by atoms with van der Waals surface area (Å²) < 4.78 is 0. The van der Waals surface area contributed by atoms with Gasteiger partial charge in [-0.05, 0) is 41.2 Å². The molecule has 0 N–H and O–H groups in total. The second-order valence-corrected chi connectivity index (χ2v) is 7.58. The maximum absolute atomic E-state index is 13.0. The fourth-order valence-corrected chi connectivity index (χ4v) is 4.87. The molecule has 0 saturated carbocycles. The summed E-state index contributed by atoms with van der Waals surface area (Å²) in [6.07, 6.45) is 4.50. The Balaban J connectivity index is 1.89. The molecule has 0 radical (unpaired) electrons. The number of carbonyl (C=O) groups is 1. The first-order valence-electron chi connectivity index (χ1n) is 10.1. The minimum atomic E-state index is 0.0302. The van der Waals surface area contributed by atoms with Gasteiger partial charge in [0, 0.05) is 16.5 Å². The van der Waals surface area contributed by atoms with Gasteiger partial charge < -0.3 is 0 Å². The number of fused-ring (bicyclic) bond motifs is 3. The first-order chi connectivity index (χ1) is 13.2. The summed E-state index contributed by atoms with van der Waals surface area (Å²) in [6.45, 7) is 4.52. The Hall–Kier alpha value is -2.67. The van der Waals surface area contributed by atoms with Crippen LogP contribution in [0.2, 0.25) is 0 Å². The van der Waals surface area contributed by atoms with Crippen molar-refractivity contribution < 1.29 is 4.79 Å². The van der Waals surface area contributed by atoms with Gasteiger partial charge in [-0.25, -0.2) is 0 Å². The molecule has 27 heavy (non-hydrogen) atoms. The molecule has 1 aliphatic rings. The summed E-state index contributed by atoms with van der Waals surface area (Å²) in [6, 6.07) is 24.7. The van der Waals surface area contributed by atoms with Crippen molar-refractivity contribution in [1.82, 2.24) is 0 Å². The van der Waals surface area contributed by atoms with Gasteiger partial charge in [0.05, 0.1) is 0 Å². The summed E-state index contributed by atoms with van der Waals surface area (Å²) >= 11 is 0. The Kier molecular flexibility index (Phi) is 4.70. The third-order valence-corrected chi connectivity index (χ3v) is 5.92. The molecule has 0 amide bonds. The molecule has 3 aromatic rings. The number of carbonyl (C=O) groups excluding carboxylic acids is 1. The highest BCUT2D eigenvalue weighted by molar-refractivity contribution is 6.09. The average Bonchev–Trinajstić information content (AvgIpc) is 2.98. The lowest BCUT2D eigenvalue weighted by atomic mass is 9.71. The van der Waals surface area contributed by atoms with E-state index >= 15 is 0 Å². The largest absolute Gasteiger partial charge is 0.289 e. The second-order valence-electron chi connectivity index (χ2n) is 7.58. The van der Waals surface area contributed by atoms with Crippen molar-refractivity contribution in [3.05, 3.63) is 95.1 Å². The molecule has 0 bridgehead atoms. The molecule has 3 aromatic carbocycles.